The molecule has 5 heteroatoms. The Morgan fingerprint density at radius 1 is 0.452 bits per heavy atom. The van der Waals surface area contributed by atoms with Crippen molar-refractivity contribution >= 4 is 64.1 Å². The molecule has 3 aromatic heterocycles. The smallest absolute Gasteiger partial charge is 0.164 e. The van der Waals surface area contributed by atoms with Gasteiger partial charge in [0.25, 0.3) is 0 Å². The van der Waals surface area contributed by atoms with Crippen molar-refractivity contribution in [2.24, 2.45) is 0 Å². The van der Waals surface area contributed by atoms with Gasteiger partial charge in [0, 0.05) is 58.7 Å². The molecule has 0 N–H and O–H groups in total. The van der Waals surface area contributed by atoms with Gasteiger partial charge in [-0.25, -0.2) is 15.0 Å². The van der Waals surface area contributed by atoms with Crippen LogP contribution in [0.3, 0.4) is 0 Å². The van der Waals surface area contributed by atoms with Crippen LogP contribution in [-0.4, -0.2) is 19.5 Å². The molecule has 62 heavy (non-hydrogen) atoms. The Hall–Kier alpha value is -6.95. The van der Waals surface area contributed by atoms with Crippen LogP contribution in [-0.2, 0) is 10.8 Å². The van der Waals surface area contributed by atoms with Crippen LogP contribution in [0.25, 0.3) is 104 Å². The molecule has 0 atom stereocenters. The first-order chi connectivity index (χ1) is 30.2. The molecule has 0 fully saturated rings. The molecule has 0 radical (unpaired) electrons. The van der Waals surface area contributed by atoms with Gasteiger partial charge in [0.1, 0.15) is 0 Å². The Bertz CT molecular complexity index is 3570. The first-order valence-corrected chi connectivity index (χ1v) is 22.5. The van der Waals surface area contributed by atoms with Crippen LogP contribution in [0.1, 0.15) is 51.7 Å². The lowest BCUT2D eigenvalue weighted by Gasteiger charge is -2.42. The summed E-state index contributed by atoms with van der Waals surface area (Å²) in [7, 11) is 0. The summed E-state index contributed by atoms with van der Waals surface area (Å²) in [5.41, 5.74) is 11.9. The zero-order valence-electron chi connectivity index (χ0n) is 35.3. The third-order valence-electron chi connectivity index (χ3n) is 13.5. The standard InChI is InChI=1S/C57H44N4S/c1-56(2)30-31-57(3,4)48-34-49-46(33-47(48)56)44-29-28-35-14-8-9-19-41(35)51(44)61(49)40-18-12-17-39(32-40)55-59-53(37-15-6-5-7-16-37)58-54(60-55)38-26-24-36(25-27-38)42-21-13-22-45-43-20-10-11-23-50(43)62-52(42)45/h5-29,32-34H,30-31H2,1-4H3. The van der Waals surface area contributed by atoms with Crippen LogP contribution >= 0.6 is 11.3 Å². The molecule has 1 aliphatic carbocycles. The van der Waals surface area contributed by atoms with Crippen molar-refractivity contribution in [3.8, 4) is 51.0 Å². The van der Waals surface area contributed by atoms with E-state index in [-0.39, 0.29) is 10.8 Å². The summed E-state index contributed by atoms with van der Waals surface area (Å²) >= 11 is 1.86. The van der Waals surface area contributed by atoms with E-state index < -0.39 is 0 Å². The fraction of sp³-hybridized carbons (Fsp3) is 0.140. The molecule has 0 saturated carbocycles. The molecule has 3 heterocycles. The maximum Gasteiger partial charge on any atom is 0.164 e. The quantitative estimate of drug-likeness (QED) is 0.174. The summed E-state index contributed by atoms with van der Waals surface area (Å²) in [6, 6.07) is 61.4. The van der Waals surface area contributed by atoms with Crippen molar-refractivity contribution < 1.29 is 0 Å². The Kier molecular flexibility index (Phi) is 8.20. The third kappa shape index (κ3) is 5.83. The number of hydrogen-bond donors (Lipinski definition) is 0. The van der Waals surface area contributed by atoms with E-state index in [0.717, 1.165) is 28.8 Å². The van der Waals surface area contributed by atoms with Gasteiger partial charge in [0.2, 0.25) is 0 Å². The van der Waals surface area contributed by atoms with Gasteiger partial charge < -0.3 is 4.57 Å². The number of hydrogen-bond acceptors (Lipinski definition) is 4. The van der Waals surface area contributed by atoms with Gasteiger partial charge in [-0.3, -0.25) is 0 Å². The van der Waals surface area contributed by atoms with Crippen LogP contribution in [0.2, 0.25) is 0 Å². The summed E-state index contributed by atoms with van der Waals surface area (Å²) < 4.78 is 5.10. The number of nitrogens with zero attached hydrogens (tertiary/aromatic N) is 4. The highest BCUT2D eigenvalue weighted by molar-refractivity contribution is 7.26. The molecule has 0 saturated heterocycles. The van der Waals surface area contributed by atoms with E-state index in [1.807, 2.05) is 29.5 Å². The van der Waals surface area contributed by atoms with Gasteiger partial charge in [0.15, 0.2) is 17.5 Å². The summed E-state index contributed by atoms with van der Waals surface area (Å²) in [6.07, 6.45) is 2.34. The van der Waals surface area contributed by atoms with E-state index in [4.69, 9.17) is 15.0 Å². The summed E-state index contributed by atoms with van der Waals surface area (Å²) in [5, 5.41) is 7.63. The predicted octanol–water partition coefficient (Wildman–Crippen LogP) is 15.5. The SMILES string of the molecule is CC1(C)CCC(C)(C)c2cc3c(cc21)c1ccc2ccccc2c1n3-c1cccc(-c2nc(-c3ccccc3)nc(-c3ccc(-c4cccc5c4sc4ccccc45)cc3)n2)c1. The molecule has 8 aromatic carbocycles. The average molecular weight is 817 g/mol. The molecule has 0 bridgehead atoms. The second kappa shape index (κ2) is 13.8. The minimum Gasteiger partial charge on any atom is -0.309 e. The maximum absolute atomic E-state index is 5.24. The largest absolute Gasteiger partial charge is 0.309 e. The molecular formula is C57H44N4S. The first kappa shape index (κ1) is 36.9. The van der Waals surface area contributed by atoms with E-state index in [1.54, 1.807) is 0 Å². The number of rotatable bonds is 5. The number of thiophene rings is 1. The lowest BCUT2D eigenvalue weighted by molar-refractivity contribution is 0.332. The molecule has 298 valence electrons. The molecule has 11 aromatic rings. The summed E-state index contributed by atoms with van der Waals surface area (Å²) in [5.74, 6) is 1.93. The lowest BCUT2D eigenvalue weighted by Crippen LogP contribution is -2.33. The van der Waals surface area contributed by atoms with Crippen molar-refractivity contribution in [2.75, 3.05) is 0 Å². The molecule has 0 spiro atoms. The zero-order chi connectivity index (χ0) is 41.7. The molecule has 0 aliphatic heterocycles. The highest BCUT2D eigenvalue weighted by Crippen LogP contribution is 2.49. The monoisotopic (exact) mass is 816 g/mol. The highest BCUT2D eigenvalue weighted by atomic mass is 32.1. The fourth-order valence-corrected chi connectivity index (χ4v) is 11.3. The van der Waals surface area contributed by atoms with Crippen molar-refractivity contribution in [2.45, 2.75) is 51.4 Å². The molecule has 4 nitrogen and oxygen atoms in total. The van der Waals surface area contributed by atoms with Crippen molar-refractivity contribution in [3.05, 3.63) is 181 Å². The van der Waals surface area contributed by atoms with Crippen molar-refractivity contribution in [1.82, 2.24) is 19.5 Å². The van der Waals surface area contributed by atoms with Gasteiger partial charge in [-0.15, -0.1) is 11.3 Å². The van der Waals surface area contributed by atoms with Gasteiger partial charge in [-0.1, -0.05) is 167 Å². The Morgan fingerprint density at radius 2 is 1.05 bits per heavy atom. The summed E-state index contributed by atoms with van der Waals surface area (Å²) in [4.78, 5) is 15.5. The Morgan fingerprint density at radius 3 is 1.82 bits per heavy atom. The Labute approximate surface area is 365 Å². The molecular weight excluding hydrogens is 773 g/mol. The highest BCUT2D eigenvalue weighted by Gasteiger charge is 2.38. The molecule has 0 unspecified atom stereocenters. The van der Waals surface area contributed by atoms with Crippen LogP contribution < -0.4 is 0 Å². The zero-order valence-corrected chi connectivity index (χ0v) is 36.1. The topological polar surface area (TPSA) is 43.6 Å². The van der Waals surface area contributed by atoms with Gasteiger partial charge in [0.05, 0.1) is 11.0 Å². The van der Waals surface area contributed by atoms with Crippen LogP contribution in [0.4, 0.5) is 0 Å². The lowest BCUT2D eigenvalue weighted by atomic mass is 9.63. The van der Waals surface area contributed by atoms with Crippen LogP contribution in [0.15, 0.2) is 170 Å². The minimum atomic E-state index is 0.0729. The molecule has 0 amide bonds. The number of aromatic nitrogens is 4. The number of fused-ring (bicyclic) bond motifs is 9. The fourth-order valence-electron chi connectivity index (χ4n) is 10.0. The predicted molar refractivity (Wildman–Crippen MR) is 262 cm³/mol. The molecule has 12 rings (SSSR count). The third-order valence-corrected chi connectivity index (χ3v) is 14.7. The summed E-state index contributed by atoms with van der Waals surface area (Å²) in [6.45, 7) is 9.66. The van der Waals surface area contributed by atoms with E-state index in [1.165, 1.54) is 81.4 Å². The van der Waals surface area contributed by atoms with Gasteiger partial charge in [-0.2, -0.15) is 0 Å². The average Bonchev–Trinajstić information content (AvgIpc) is 3.86. The van der Waals surface area contributed by atoms with E-state index in [0.29, 0.717) is 17.5 Å². The number of benzene rings is 8. The Balaban J connectivity index is 1.03. The second-order valence-corrected chi connectivity index (χ2v) is 19.3. The maximum atomic E-state index is 5.24. The van der Waals surface area contributed by atoms with Crippen LogP contribution in [0.5, 0.6) is 0 Å². The van der Waals surface area contributed by atoms with Crippen molar-refractivity contribution in [1.29, 1.82) is 0 Å². The van der Waals surface area contributed by atoms with E-state index >= 15 is 0 Å². The minimum absolute atomic E-state index is 0.0729. The second-order valence-electron chi connectivity index (χ2n) is 18.3. The first-order valence-electron chi connectivity index (χ1n) is 21.6. The van der Waals surface area contributed by atoms with Crippen molar-refractivity contribution in [3.63, 3.8) is 0 Å². The molecule has 1 aliphatic rings. The van der Waals surface area contributed by atoms with Crippen LogP contribution in [0, 0.1) is 0 Å². The van der Waals surface area contributed by atoms with Gasteiger partial charge >= 0.3 is 0 Å². The van der Waals surface area contributed by atoms with Gasteiger partial charge in [-0.05, 0) is 81.6 Å². The van der Waals surface area contributed by atoms with E-state index in [2.05, 4.69) is 184 Å². The van der Waals surface area contributed by atoms with E-state index in [9.17, 15) is 0 Å². The normalized spacial score (nSPS) is 14.6.